The van der Waals surface area contributed by atoms with Gasteiger partial charge in [0.25, 0.3) is 0 Å². The van der Waals surface area contributed by atoms with E-state index in [9.17, 15) is 4.79 Å². The van der Waals surface area contributed by atoms with E-state index in [2.05, 4.69) is 43.2 Å². The second kappa shape index (κ2) is 8.44. The Labute approximate surface area is 156 Å². The summed E-state index contributed by atoms with van der Waals surface area (Å²) < 4.78 is 0. The van der Waals surface area contributed by atoms with Crippen LogP contribution in [0.15, 0.2) is 48.5 Å². The highest BCUT2D eigenvalue weighted by molar-refractivity contribution is 5.89. The molecule has 0 spiro atoms. The predicted molar refractivity (Wildman–Crippen MR) is 110 cm³/mol. The third kappa shape index (κ3) is 5.86. The first-order valence-electron chi connectivity index (χ1n) is 8.67. The molecule has 0 aliphatic rings. The molecular weight excluding hydrogens is 322 g/mol. The Morgan fingerprint density at radius 3 is 2.15 bits per heavy atom. The number of urea groups is 1. The van der Waals surface area contributed by atoms with Crippen molar-refractivity contribution in [2.45, 2.75) is 26.2 Å². The molecule has 26 heavy (non-hydrogen) atoms. The molecule has 0 aromatic heterocycles. The van der Waals surface area contributed by atoms with Crippen LogP contribution in [-0.4, -0.2) is 26.7 Å². The number of carbonyl (C=O) groups excluding carboxylic acids is 1. The fourth-order valence-corrected chi connectivity index (χ4v) is 2.34. The molecule has 0 saturated heterocycles. The molecule has 0 bridgehead atoms. The van der Waals surface area contributed by atoms with E-state index in [-0.39, 0.29) is 11.4 Å². The summed E-state index contributed by atoms with van der Waals surface area (Å²) in [4.78, 5) is 14.0. The number of carbonyl (C=O) groups is 1. The Morgan fingerprint density at radius 1 is 1.00 bits per heavy atom. The smallest absolute Gasteiger partial charge is 0.319 e. The summed E-state index contributed by atoms with van der Waals surface area (Å²) in [6.45, 7) is 6.78. The molecule has 4 heteroatoms. The molecule has 0 fully saturated rings. The summed E-state index contributed by atoms with van der Waals surface area (Å²) >= 11 is 0. The van der Waals surface area contributed by atoms with E-state index in [4.69, 9.17) is 0 Å². The minimum Gasteiger partial charge on any atom is -0.378 e. The van der Waals surface area contributed by atoms with Gasteiger partial charge in [-0.2, -0.15) is 0 Å². The Hall–Kier alpha value is -2.93. The van der Waals surface area contributed by atoms with Crippen LogP contribution in [0.2, 0.25) is 0 Å². The number of benzene rings is 2. The quantitative estimate of drug-likeness (QED) is 0.815. The number of nitrogens with one attached hydrogen (secondary N) is 2. The van der Waals surface area contributed by atoms with Crippen LogP contribution in [0.4, 0.5) is 16.2 Å². The number of amides is 2. The van der Waals surface area contributed by atoms with E-state index >= 15 is 0 Å². The molecule has 2 N–H and O–H groups in total. The summed E-state index contributed by atoms with van der Waals surface area (Å²) in [5.41, 5.74) is 4.15. The molecule has 0 aliphatic heterocycles. The van der Waals surface area contributed by atoms with Gasteiger partial charge in [0.05, 0.1) is 6.54 Å². The summed E-state index contributed by atoms with van der Waals surface area (Å²) in [6, 6.07) is 15.6. The molecule has 0 saturated carbocycles. The normalized spacial score (nSPS) is 10.5. The van der Waals surface area contributed by atoms with Crippen LogP contribution >= 0.6 is 0 Å². The van der Waals surface area contributed by atoms with E-state index < -0.39 is 0 Å². The van der Waals surface area contributed by atoms with Gasteiger partial charge in [-0.1, -0.05) is 44.7 Å². The molecule has 2 aromatic rings. The fourth-order valence-electron chi connectivity index (χ4n) is 2.34. The van der Waals surface area contributed by atoms with E-state index in [1.807, 2.05) is 67.5 Å². The number of hydrogen-bond donors (Lipinski definition) is 2. The molecule has 0 atom stereocenters. The number of nitrogens with zero attached hydrogens (tertiary/aromatic N) is 1. The van der Waals surface area contributed by atoms with Crippen LogP contribution in [0.1, 0.15) is 31.9 Å². The fraction of sp³-hybridized carbons (Fsp3) is 0.318. The van der Waals surface area contributed by atoms with Crippen molar-refractivity contribution in [2.75, 3.05) is 30.9 Å². The van der Waals surface area contributed by atoms with Gasteiger partial charge in [0.2, 0.25) is 0 Å². The molecule has 136 valence electrons. The van der Waals surface area contributed by atoms with Crippen molar-refractivity contribution in [3.05, 3.63) is 59.7 Å². The zero-order valence-corrected chi connectivity index (χ0v) is 16.2. The monoisotopic (exact) mass is 349 g/mol. The van der Waals surface area contributed by atoms with Crippen LogP contribution in [0.5, 0.6) is 0 Å². The molecule has 0 heterocycles. The van der Waals surface area contributed by atoms with Crippen molar-refractivity contribution in [1.82, 2.24) is 5.32 Å². The maximum atomic E-state index is 11.9. The topological polar surface area (TPSA) is 44.4 Å². The molecule has 2 amide bonds. The van der Waals surface area contributed by atoms with Gasteiger partial charge < -0.3 is 15.5 Å². The Bertz CT molecular complexity index is 789. The van der Waals surface area contributed by atoms with Gasteiger partial charge in [-0.25, -0.2) is 4.79 Å². The maximum Gasteiger partial charge on any atom is 0.319 e. The zero-order valence-electron chi connectivity index (χ0n) is 16.2. The first-order valence-corrected chi connectivity index (χ1v) is 8.67. The summed E-state index contributed by atoms with van der Waals surface area (Å²) in [7, 11) is 4.00. The Balaban J connectivity index is 1.82. The van der Waals surface area contributed by atoms with Crippen LogP contribution in [0.3, 0.4) is 0 Å². The van der Waals surface area contributed by atoms with Crippen LogP contribution in [-0.2, 0) is 5.41 Å². The highest BCUT2D eigenvalue weighted by Gasteiger charge is 2.13. The second-order valence-corrected chi connectivity index (χ2v) is 7.38. The molecule has 0 aliphatic carbocycles. The van der Waals surface area contributed by atoms with Crippen LogP contribution in [0, 0.1) is 11.8 Å². The number of anilines is 2. The highest BCUT2D eigenvalue weighted by Crippen LogP contribution is 2.23. The minimum atomic E-state index is -0.259. The van der Waals surface area contributed by atoms with E-state index in [0.29, 0.717) is 6.54 Å². The number of rotatable bonds is 3. The van der Waals surface area contributed by atoms with Gasteiger partial charge in [-0.3, -0.25) is 0 Å². The van der Waals surface area contributed by atoms with E-state index in [1.54, 1.807) is 0 Å². The Morgan fingerprint density at radius 2 is 1.62 bits per heavy atom. The largest absolute Gasteiger partial charge is 0.378 e. The standard InChI is InChI=1S/C22H27N3O/c1-22(2,3)18-10-12-19(13-11-18)24-21(26)23-16-6-7-17-8-14-20(15-9-17)25(4)5/h8-15H,16H2,1-5H3,(H2,23,24,26). The molecular formula is C22H27N3O. The van der Waals surface area contributed by atoms with Crippen molar-refractivity contribution in [1.29, 1.82) is 0 Å². The third-order valence-corrected chi connectivity index (χ3v) is 3.96. The lowest BCUT2D eigenvalue weighted by Gasteiger charge is -2.19. The number of hydrogen-bond acceptors (Lipinski definition) is 2. The average Bonchev–Trinajstić information content (AvgIpc) is 2.59. The van der Waals surface area contributed by atoms with E-state index in [1.165, 1.54) is 5.56 Å². The van der Waals surface area contributed by atoms with Crippen molar-refractivity contribution in [2.24, 2.45) is 0 Å². The summed E-state index contributed by atoms with van der Waals surface area (Å²) in [5, 5.41) is 5.56. The van der Waals surface area contributed by atoms with Crippen molar-refractivity contribution in [3.8, 4) is 11.8 Å². The Kier molecular flexibility index (Phi) is 6.30. The van der Waals surface area contributed by atoms with Gasteiger partial charge in [-0.15, -0.1) is 0 Å². The van der Waals surface area contributed by atoms with Crippen molar-refractivity contribution >= 4 is 17.4 Å². The lowest BCUT2D eigenvalue weighted by Crippen LogP contribution is -2.28. The van der Waals surface area contributed by atoms with Crippen LogP contribution in [0.25, 0.3) is 0 Å². The zero-order chi connectivity index (χ0) is 19.2. The third-order valence-electron chi connectivity index (χ3n) is 3.96. The first kappa shape index (κ1) is 19.4. The molecule has 0 unspecified atom stereocenters. The second-order valence-electron chi connectivity index (χ2n) is 7.38. The van der Waals surface area contributed by atoms with Crippen LogP contribution < -0.4 is 15.5 Å². The maximum absolute atomic E-state index is 11.9. The SMILES string of the molecule is CN(C)c1ccc(C#CCNC(=O)Nc2ccc(C(C)(C)C)cc2)cc1. The van der Waals surface area contributed by atoms with Crippen molar-refractivity contribution < 1.29 is 4.79 Å². The van der Waals surface area contributed by atoms with Gasteiger partial charge >= 0.3 is 6.03 Å². The van der Waals surface area contributed by atoms with Gasteiger partial charge in [0.15, 0.2) is 0 Å². The molecule has 0 radical (unpaired) electrons. The summed E-state index contributed by atoms with van der Waals surface area (Å²) in [6.07, 6.45) is 0. The highest BCUT2D eigenvalue weighted by atomic mass is 16.2. The lowest BCUT2D eigenvalue weighted by atomic mass is 9.87. The van der Waals surface area contributed by atoms with Gasteiger partial charge in [0, 0.05) is 31.0 Å². The van der Waals surface area contributed by atoms with Crippen molar-refractivity contribution in [3.63, 3.8) is 0 Å². The minimum absolute atomic E-state index is 0.0983. The molecule has 4 nitrogen and oxygen atoms in total. The average molecular weight is 349 g/mol. The molecule has 2 rings (SSSR count). The van der Waals surface area contributed by atoms with Gasteiger partial charge in [0.1, 0.15) is 0 Å². The summed E-state index contributed by atoms with van der Waals surface area (Å²) in [5.74, 6) is 6.00. The van der Waals surface area contributed by atoms with E-state index in [0.717, 1.165) is 16.9 Å². The predicted octanol–water partition coefficient (Wildman–Crippen LogP) is 4.22. The lowest BCUT2D eigenvalue weighted by molar-refractivity contribution is 0.253. The van der Waals surface area contributed by atoms with Gasteiger partial charge in [-0.05, 0) is 47.4 Å². The first-order chi connectivity index (χ1) is 12.3. The molecule has 2 aromatic carbocycles.